The molecule has 1 aliphatic rings. The van der Waals surface area contributed by atoms with Crippen LogP contribution in [0.2, 0.25) is 0 Å². The molecule has 0 aromatic heterocycles. The molecule has 0 radical (unpaired) electrons. The lowest BCUT2D eigenvalue weighted by molar-refractivity contribution is 0.0602. The van der Waals surface area contributed by atoms with Gasteiger partial charge < -0.3 is 15.0 Å². The number of para-hydroxylation sites is 1. The number of hydrogen-bond donors (Lipinski definition) is 1. The average Bonchev–Trinajstić information content (AvgIpc) is 2.74. The van der Waals surface area contributed by atoms with Gasteiger partial charge in [-0.15, -0.1) is 0 Å². The lowest BCUT2D eigenvalue weighted by Gasteiger charge is -2.32. The molecular formula is C21H25N3O5S. The molecule has 1 saturated heterocycles. The van der Waals surface area contributed by atoms with E-state index in [1.165, 1.54) is 17.5 Å². The Morgan fingerprint density at radius 2 is 1.70 bits per heavy atom. The summed E-state index contributed by atoms with van der Waals surface area (Å²) in [5, 5.41) is 2.67. The molecule has 1 aliphatic heterocycles. The van der Waals surface area contributed by atoms with Crippen LogP contribution in [0.4, 0.5) is 5.69 Å². The molecule has 0 spiro atoms. The number of rotatable bonds is 5. The normalized spacial score (nSPS) is 15.6. The third-order valence-corrected chi connectivity index (χ3v) is 7.15. The van der Waals surface area contributed by atoms with Gasteiger partial charge in [-0.1, -0.05) is 18.2 Å². The largest absolute Gasteiger partial charge is 0.465 e. The Hall–Kier alpha value is -2.75. The summed E-state index contributed by atoms with van der Waals surface area (Å²) in [6.45, 7) is 3.82. The second-order valence-corrected chi connectivity index (χ2v) is 9.09. The van der Waals surface area contributed by atoms with Crippen LogP contribution >= 0.6 is 0 Å². The maximum atomic E-state index is 13.1. The molecule has 3 rings (SSSR count). The third-order valence-electron chi connectivity index (χ3n) is 5.11. The van der Waals surface area contributed by atoms with Crippen LogP contribution in [0.5, 0.6) is 0 Å². The number of nitrogens with one attached hydrogen (secondary N) is 1. The number of nitrogens with zero attached hydrogens (tertiary/aromatic N) is 2. The van der Waals surface area contributed by atoms with Crippen molar-refractivity contribution < 1.29 is 22.7 Å². The Bertz CT molecular complexity index is 1060. The van der Waals surface area contributed by atoms with Crippen LogP contribution in [0.15, 0.2) is 47.4 Å². The molecule has 1 amide bonds. The number of methoxy groups -OCH3 is 1. The van der Waals surface area contributed by atoms with Crippen LogP contribution in [-0.4, -0.2) is 69.8 Å². The van der Waals surface area contributed by atoms with E-state index in [1.54, 1.807) is 43.3 Å². The first-order valence-corrected chi connectivity index (χ1v) is 11.0. The fourth-order valence-electron chi connectivity index (χ4n) is 3.26. The predicted octanol–water partition coefficient (Wildman–Crippen LogP) is 1.97. The number of ether oxygens (including phenoxy) is 1. The molecular weight excluding hydrogens is 406 g/mol. The number of esters is 1. The van der Waals surface area contributed by atoms with Crippen LogP contribution in [0.1, 0.15) is 26.3 Å². The van der Waals surface area contributed by atoms with Crippen molar-refractivity contribution in [3.63, 3.8) is 0 Å². The fourth-order valence-corrected chi connectivity index (χ4v) is 4.93. The van der Waals surface area contributed by atoms with Gasteiger partial charge in [0.15, 0.2) is 0 Å². The summed E-state index contributed by atoms with van der Waals surface area (Å²) in [4.78, 5) is 26.9. The Morgan fingerprint density at radius 1 is 1.03 bits per heavy atom. The van der Waals surface area contributed by atoms with Crippen molar-refractivity contribution in [2.45, 2.75) is 11.8 Å². The number of amides is 1. The van der Waals surface area contributed by atoms with Gasteiger partial charge in [-0.25, -0.2) is 13.2 Å². The van der Waals surface area contributed by atoms with Crippen molar-refractivity contribution in [2.24, 2.45) is 0 Å². The van der Waals surface area contributed by atoms with Gasteiger partial charge in [-0.3, -0.25) is 4.79 Å². The number of carbonyl (C=O) groups excluding carboxylic acids is 2. The van der Waals surface area contributed by atoms with Crippen molar-refractivity contribution in [1.29, 1.82) is 0 Å². The van der Waals surface area contributed by atoms with Crippen molar-refractivity contribution >= 4 is 27.6 Å². The third kappa shape index (κ3) is 4.53. The molecule has 2 aromatic carbocycles. The van der Waals surface area contributed by atoms with Crippen LogP contribution in [0.3, 0.4) is 0 Å². The fraction of sp³-hybridized carbons (Fsp3) is 0.333. The second kappa shape index (κ2) is 8.95. The van der Waals surface area contributed by atoms with Gasteiger partial charge in [-0.2, -0.15) is 4.31 Å². The first-order chi connectivity index (χ1) is 14.2. The van der Waals surface area contributed by atoms with Gasteiger partial charge in [0, 0.05) is 31.7 Å². The topological polar surface area (TPSA) is 96.0 Å². The molecule has 0 atom stereocenters. The summed E-state index contributed by atoms with van der Waals surface area (Å²) in [7, 11) is -0.507. The predicted molar refractivity (Wildman–Crippen MR) is 113 cm³/mol. The molecule has 0 unspecified atom stereocenters. The minimum atomic E-state index is -3.72. The summed E-state index contributed by atoms with van der Waals surface area (Å²) in [5.41, 5.74) is 1.26. The molecule has 9 heteroatoms. The highest BCUT2D eigenvalue weighted by atomic mass is 32.2. The van der Waals surface area contributed by atoms with Crippen LogP contribution in [0.25, 0.3) is 0 Å². The summed E-state index contributed by atoms with van der Waals surface area (Å²) in [5.74, 6) is -1.09. The lowest BCUT2D eigenvalue weighted by atomic mass is 10.1. The van der Waals surface area contributed by atoms with Gasteiger partial charge in [-0.05, 0) is 43.8 Å². The molecule has 1 N–H and O–H groups in total. The molecule has 30 heavy (non-hydrogen) atoms. The number of hydrogen-bond acceptors (Lipinski definition) is 6. The minimum Gasteiger partial charge on any atom is -0.465 e. The van der Waals surface area contributed by atoms with E-state index in [0.717, 1.165) is 0 Å². The van der Waals surface area contributed by atoms with Crippen molar-refractivity contribution in [2.75, 3.05) is 45.7 Å². The zero-order valence-electron chi connectivity index (χ0n) is 17.2. The highest BCUT2D eigenvalue weighted by Crippen LogP contribution is 2.24. The summed E-state index contributed by atoms with van der Waals surface area (Å²) in [6, 6.07) is 11.0. The highest BCUT2D eigenvalue weighted by molar-refractivity contribution is 7.89. The number of aryl methyl sites for hydroxylation is 1. The Labute approximate surface area is 176 Å². The maximum Gasteiger partial charge on any atom is 0.339 e. The molecule has 160 valence electrons. The van der Waals surface area contributed by atoms with Gasteiger partial charge >= 0.3 is 5.97 Å². The van der Waals surface area contributed by atoms with Crippen LogP contribution in [0, 0.1) is 6.92 Å². The number of sulfonamides is 1. The van der Waals surface area contributed by atoms with E-state index in [0.29, 0.717) is 37.4 Å². The molecule has 0 aliphatic carbocycles. The molecule has 2 aromatic rings. The van der Waals surface area contributed by atoms with E-state index in [2.05, 4.69) is 10.2 Å². The van der Waals surface area contributed by atoms with Gasteiger partial charge in [0.2, 0.25) is 10.0 Å². The summed E-state index contributed by atoms with van der Waals surface area (Å²) < 4.78 is 32.5. The number of anilines is 1. The highest BCUT2D eigenvalue weighted by Gasteiger charge is 2.29. The SMILES string of the molecule is COC(=O)c1ccccc1NC(=O)c1ccc(C)c(S(=O)(=O)N2CCN(C)CC2)c1. The number of benzene rings is 2. The monoisotopic (exact) mass is 431 g/mol. The molecule has 0 saturated carbocycles. The Balaban J connectivity index is 1.89. The van der Waals surface area contributed by atoms with E-state index >= 15 is 0 Å². The lowest BCUT2D eigenvalue weighted by Crippen LogP contribution is -2.47. The molecule has 0 bridgehead atoms. The minimum absolute atomic E-state index is 0.112. The maximum absolute atomic E-state index is 13.1. The summed E-state index contributed by atoms with van der Waals surface area (Å²) in [6.07, 6.45) is 0. The smallest absolute Gasteiger partial charge is 0.339 e. The van der Waals surface area contributed by atoms with Crippen molar-refractivity contribution in [1.82, 2.24) is 9.21 Å². The number of carbonyl (C=O) groups is 2. The number of piperazine rings is 1. The molecule has 8 nitrogen and oxygen atoms in total. The van der Waals surface area contributed by atoms with Crippen molar-refractivity contribution in [3.8, 4) is 0 Å². The van der Waals surface area contributed by atoms with Gasteiger partial charge in [0.05, 0.1) is 23.3 Å². The van der Waals surface area contributed by atoms with Crippen LogP contribution in [-0.2, 0) is 14.8 Å². The first kappa shape index (κ1) is 21.9. The van der Waals surface area contributed by atoms with E-state index in [9.17, 15) is 18.0 Å². The van der Waals surface area contributed by atoms with E-state index in [4.69, 9.17) is 4.74 Å². The first-order valence-electron chi connectivity index (χ1n) is 9.52. The molecule has 1 fully saturated rings. The summed E-state index contributed by atoms with van der Waals surface area (Å²) >= 11 is 0. The number of likely N-dealkylation sites (N-methyl/N-ethyl adjacent to an activating group) is 1. The zero-order valence-corrected chi connectivity index (χ0v) is 18.0. The Kier molecular flexibility index (Phi) is 6.55. The standard InChI is InChI=1S/C21H25N3O5S/c1-15-8-9-16(14-19(15)30(27,28)24-12-10-23(2)11-13-24)20(25)22-18-7-5-4-6-17(18)21(26)29-3/h4-9,14H,10-13H2,1-3H3,(H,22,25). The van der Waals surface area contributed by atoms with E-state index in [1.807, 2.05) is 7.05 Å². The Morgan fingerprint density at radius 3 is 2.37 bits per heavy atom. The molecule has 1 heterocycles. The second-order valence-electron chi connectivity index (χ2n) is 7.18. The average molecular weight is 432 g/mol. The zero-order chi connectivity index (χ0) is 21.9. The van der Waals surface area contributed by atoms with Gasteiger partial charge in [0.25, 0.3) is 5.91 Å². The van der Waals surface area contributed by atoms with Crippen molar-refractivity contribution in [3.05, 3.63) is 59.2 Å². The quantitative estimate of drug-likeness (QED) is 0.728. The van der Waals surface area contributed by atoms with E-state index in [-0.39, 0.29) is 16.0 Å². The van der Waals surface area contributed by atoms with Crippen LogP contribution < -0.4 is 5.32 Å². The van der Waals surface area contributed by atoms with E-state index < -0.39 is 21.9 Å². The van der Waals surface area contributed by atoms with Gasteiger partial charge in [0.1, 0.15) is 0 Å².